The van der Waals surface area contributed by atoms with Gasteiger partial charge in [-0.3, -0.25) is 9.59 Å². The highest BCUT2D eigenvalue weighted by Crippen LogP contribution is 2.14. The second-order valence-electron chi connectivity index (χ2n) is 8.04. The van der Waals surface area contributed by atoms with Crippen molar-refractivity contribution in [3.05, 3.63) is 59.7 Å². The molecule has 38 heavy (non-hydrogen) atoms. The van der Waals surface area contributed by atoms with Crippen LogP contribution in [0.3, 0.4) is 0 Å². The highest BCUT2D eigenvalue weighted by molar-refractivity contribution is 6.41. The van der Waals surface area contributed by atoms with Crippen molar-refractivity contribution in [2.24, 2.45) is 0 Å². The number of carbonyl (C=O) groups excluding carboxylic acids is 4. The standard InChI is InChI=1S/C26H32N2O8.2CH4/c1-27(2)21-9-5-19(6-10-21)23(29)25(31)35-17-15-33-13-14-34-16-18-36-26(32)24(30)20-7-11-22(12-8-20)28(3)4;;/h5-12H,13-18H2,1-4H3;2*1H4. The number of Topliss-reactive ketones (excluding diaryl/α,β-unsaturated/α-hetero) is 2. The Hall–Kier alpha value is -3.76. The van der Waals surface area contributed by atoms with Crippen molar-refractivity contribution in [2.75, 3.05) is 77.6 Å². The summed E-state index contributed by atoms with van der Waals surface area (Å²) in [5.74, 6) is -3.33. The molecule has 0 N–H and O–H groups in total. The third-order valence-corrected chi connectivity index (χ3v) is 4.96. The summed E-state index contributed by atoms with van der Waals surface area (Å²) < 4.78 is 20.4. The van der Waals surface area contributed by atoms with E-state index in [0.717, 1.165) is 11.4 Å². The number of carbonyl (C=O) groups is 4. The molecule has 2 rings (SSSR count). The molecule has 0 aliphatic heterocycles. The Morgan fingerprint density at radius 2 is 0.816 bits per heavy atom. The molecule has 2 aromatic carbocycles. The average molecular weight is 533 g/mol. The summed E-state index contributed by atoms with van der Waals surface area (Å²) in [5, 5.41) is 0. The largest absolute Gasteiger partial charge is 0.457 e. The van der Waals surface area contributed by atoms with E-state index in [1.165, 1.54) is 0 Å². The third-order valence-electron chi connectivity index (χ3n) is 4.96. The zero-order valence-corrected chi connectivity index (χ0v) is 21.0. The molecule has 0 bridgehead atoms. The maximum Gasteiger partial charge on any atom is 0.379 e. The van der Waals surface area contributed by atoms with Crippen LogP contribution in [0.15, 0.2) is 48.5 Å². The summed E-state index contributed by atoms with van der Waals surface area (Å²) in [5.41, 5.74) is 2.33. The minimum atomic E-state index is -0.947. The van der Waals surface area contributed by atoms with Crippen LogP contribution in [-0.4, -0.2) is 91.3 Å². The molecular weight excluding hydrogens is 492 g/mol. The maximum absolute atomic E-state index is 12.1. The summed E-state index contributed by atoms with van der Waals surface area (Å²) in [6, 6.07) is 13.3. The van der Waals surface area contributed by atoms with Gasteiger partial charge in [0.1, 0.15) is 13.2 Å². The summed E-state index contributed by atoms with van der Waals surface area (Å²) in [6.07, 6.45) is 0. The predicted molar refractivity (Wildman–Crippen MR) is 147 cm³/mol. The molecular formula is C28H40N2O8. The van der Waals surface area contributed by atoms with Crippen LogP contribution in [0.2, 0.25) is 0 Å². The van der Waals surface area contributed by atoms with E-state index in [2.05, 4.69) is 0 Å². The van der Waals surface area contributed by atoms with Gasteiger partial charge in [-0.1, -0.05) is 14.9 Å². The first-order chi connectivity index (χ1) is 17.2. The molecule has 0 amide bonds. The summed E-state index contributed by atoms with van der Waals surface area (Å²) >= 11 is 0. The third kappa shape index (κ3) is 11.1. The quantitative estimate of drug-likeness (QED) is 0.147. The Bertz CT molecular complexity index is 935. The number of rotatable bonds is 15. The number of esters is 2. The van der Waals surface area contributed by atoms with Crippen molar-refractivity contribution in [3.63, 3.8) is 0 Å². The average Bonchev–Trinajstić information content (AvgIpc) is 2.88. The van der Waals surface area contributed by atoms with E-state index >= 15 is 0 Å². The lowest BCUT2D eigenvalue weighted by molar-refractivity contribution is -0.141. The smallest absolute Gasteiger partial charge is 0.379 e. The Kier molecular flexibility index (Phi) is 15.9. The lowest BCUT2D eigenvalue weighted by atomic mass is 10.1. The Balaban J connectivity index is 0.00000684. The van der Waals surface area contributed by atoms with Crippen LogP contribution in [-0.2, 0) is 28.5 Å². The number of nitrogens with zero attached hydrogens (tertiary/aromatic N) is 2. The van der Waals surface area contributed by atoms with Gasteiger partial charge in [-0.15, -0.1) is 0 Å². The number of ether oxygens (including phenoxy) is 4. The van der Waals surface area contributed by atoms with Gasteiger partial charge in [0.15, 0.2) is 0 Å². The molecule has 0 saturated carbocycles. The summed E-state index contributed by atoms with van der Waals surface area (Å²) in [7, 11) is 7.50. The zero-order chi connectivity index (χ0) is 26.5. The van der Waals surface area contributed by atoms with Gasteiger partial charge in [-0.2, -0.15) is 0 Å². The number of hydrogen-bond acceptors (Lipinski definition) is 10. The number of benzene rings is 2. The SMILES string of the molecule is C.C.CN(C)c1ccc(C(=O)C(=O)OCCOCCOCCOC(=O)C(=O)c2ccc(N(C)C)cc2)cc1. The number of anilines is 2. The van der Waals surface area contributed by atoms with Gasteiger partial charge in [-0.25, -0.2) is 9.59 Å². The first-order valence-corrected chi connectivity index (χ1v) is 11.3. The van der Waals surface area contributed by atoms with Crippen molar-refractivity contribution in [1.82, 2.24) is 0 Å². The van der Waals surface area contributed by atoms with E-state index in [1.54, 1.807) is 48.5 Å². The Morgan fingerprint density at radius 1 is 0.526 bits per heavy atom. The molecule has 210 valence electrons. The summed E-state index contributed by atoms with van der Waals surface area (Å²) in [4.78, 5) is 51.7. The van der Waals surface area contributed by atoms with Crippen LogP contribution in [0.5, 0.6) is 0 Å². The van der Waals surface area contributed by atoms with E-state index in [-0.39, 0.29) is 65.6 Å². The fourth-order valence-corrected chi connectivity index (χ4v) is 2.90. The van der Waals surface area contributed by atoms with Gasteiger partial charge in [0.25, 0.3) is 11.6 Å². The van der Waals surface area contributed by atoms with Crippen LogP contribution in [0.1, 0.15) is 35.6 Å². The minimum absolute atomic E-state index is 0. The lowest BCUT2D eigenvalue weighted by Crippen LogP contribution is -2.21. The number of hydrogen-bond donors (Lipinski definition) is 0. The van der Waals surface area contributed by atoms with Gasteiger partial charge < -0.3 is 28.7 Å². The Morgan fingerprint density at radius 3 is 1.11 bits per heavy atom. The van der Waals surface area contributed by atoms with E-state index in [9.17, 15) is 19.2 Å². The van der Waals surface area contributed by atoms with Crippen LogP contribution < -0.4 is 9.80 Å². The highest BCUT2D eigenvalue weighted by atomic mass is 16.6. The van der Waals surface area contributed by atoms with E-state index in [1.807, 2.05) is 38.0 Å². The second-order valence-corrected chi connectivity index (χ2v) is 8.04. The second kappa shape index (κ2) is 17.7. The fourth-order valence-electron chi connectivity index (χ4n) is 2.90. The normalized spacial score (nSPS) is 9.89. The van der Waals surface area contributed by atoms with Crippen LogP contribution in [0, 0.1) is 0 Å². The zero-order valence-electron chi connectivity index (χ0n) is 21.0. The maximum atomic E-state index is 12.1. The van der Waals surface area contributed by atoms with E-state index < -0.39 is 23.5 Å². The Labute approximate surface area is 225 Å². The summed E-state index contributed by atoms with van der Waals surface area (Å²) in [6.45, 7) is 0.465. The topological polar surface area (TPSA) is 112 Å². The molecule has 10 nitrogen and oxygen atoms in total. The van der Waals surface area contributed by atoms with Crippen molar-refractivity contribution in [1.29, 1.82) is 0 Å². The lowest BCUT2D eigenvalue weighted by Gasteiger charge is -2.12. The van der Waals surface area contributed by atoms with Gasteiger partial charge >= 0.3 is 11.9 Å². The van der Waals surface area contributed by atoms with Crippen LogP contribution in [0.4, 0.5) is 11.4 Å². The molecule has 10 heteroatoms. The molecule has 0 heterocycles. The first kappa shape index (κ1) is 34.2. The first-order valence-electron chi connectivity index (χ1n) is 11.3. The van der Waals surface area contributed by atoms with Crippen LogP contribution >= 0.6 is 0 Å². The number of ketones is 2. The highest BCUT2D eigenvalue weighted by Gasteiger charge is 2.19. The molecule has 0 atom stereocenters. The van der Waals surface area contributed by atoms with Crippen molar-refractivity contribution in [2.45, 2.75) is 14.9 Å². The molecule has 0 aromatic heterocycles. The molecule has 0 fully saturated rings. The molecule has 0 spiro atoms. The van der Waals surface area contributed by atoms with E-state index in [4.69, 9.17) is 18.9 Å². The molecule has 0 aliphatic carbocycles. The van der Waals surface area contributed by atoms with Gasteiger partial charge in [0.2, 0.25) is 0 Å². The molecule has 0 radical (unpaired) electrons. The molecule has 2 aromatic rings. The molecule has 0 unspecified atom stereocenters. The monoisotopic (exact) mass is 532 g/mol. The van der Waals surface area contributed by atoms with Crippen molar-refractivity contribution < 1.29 is 38.1 Å². The van der Waals surface area contributed by atoms with Crippen molar-refractivity contribution >= 4 is 34.9 Å². The van der Waals surface area contributed by atoms with Crippen LogP contribution in [0.25, 0.3) is 0 Å². The minimum Gasteiger partial charge on any atom is -0.457 e. The van der Waals surface area contributed by atoms with Crippen molar-refractivity contribution in [3.8, 4) is 0 Å². The molecule has 0 saturated heterocycles. The predicted octanol–water partition coefficient (Wildman–Crippen LogP) is 3.28. The fraction of sp³-hybridized carbons (Fsp3) is 0.429. The van der Waals surface area contributed by atoms with E-state index in [0.29, 0.717) is 0 Å². The van der Waals surface area contributed by atoms with Gasteiger partial charge in [0, 0.05) is 50.7 Å². The van der Waals surface area contributed by atoms with Gasteiger partial charge in [-0.05, 0) is 48.5 Å². The molecule has 0 aliphatic rings. The van der Waals surface area contributed by atoms with Gasteiger partial charge in [0.05, 0.1) is 26.4 Å².